The molecule has 1 N–H and O–H groups in total. The second-order valence-corrected chi connectivity index (χ2v) is 7.52. The Kier molecular flexibility index (Phi) is 5.33. The van der Waals surface area contributed by atoms with E-state index in [9.17, 15) is 14.4 Å². The summed E-state index contributed by atoms with van der Waals surface area (Å²) >= 11 is 0. The summed E-state index contributed by atoms with van der Waals surface area (Å²) in [5.41, 5.74) is 1.48. The maximum Gasteiger partial charge on any atom is 0.253 e. The predicted octanol–water partition coefficient (Wildman–Crippen LogP) is 1.30. The van der Waals surface area contributed by atoms with Crippen molar-refractivity contribution in [2.45, 2.75) is 31.7 Å². The highest BCUT2D eigenvalue weighted by Gasteiger charge is 2.35. The summed E-state index contributed by atoms with van der Waals surface area (Å²) in [6.07, 6.45) is 3.91. The third-order valence-electron chi connectivity index (χ3n) is 5.41. The normalized spacial score (nSPS) is 18.7. The van der Waals surface area contributed by atoms with Gasteiger partial charge in [0.25, 0.3) is 5.56 Å². The number of nitrogens with zero attached hydrogens (tertiary/aromatic N) is 3. The first-order valence-electron chi connectivity index (χ1n) is 9.83. The van der Waals surface area contributed by atoms with Gasteiger partial charge in [0, 0.05) is 49.8 Å². The summed E-state index contributed by atoms with van der Waals surface area (Å²) in [4.78, 5) is 43.0. The molecule has 1 saturated carbocycles. The van der Waals surface area contributed by atoms with Crippen molar-refractivity contribution in [2.75, 3.05) is 25.1 Å². The Hall–Kier alpha value is -3.16. The number of benzene rings is 1. The molecule has 8 nitrogen and oxygen atoms in total. The van der Waals surface area contributed by atoms with Crippen LogP contribution < -0.4 is 20.5 Å². The lowest BCUT2D eigenvalue weighted by Crippen LogP contribution is -2.36. The standard InChI is InChI=1S/C21H24N4O4/c1-29-17-4-2-3-16(10-17)25-12-15(9-20(25)27)21(28)22-7-8-24-13-23-18(11-19(24)26)14-5-6-14/h2-4,10-11,13-15H,5-9,12H2,1H3,(H,22,28)/t15-/m1/s1. The fourth-order valence-corrected chi connectivity index (χ4v) is 3.57. The molecule has 2 fully saturated rings. The summed E-state index contributed by atoms with van der Waals surface area (Å²) in [7, 11) is 1.57. The lowest BCUT2D eigenvalue weighted by Gasteiger charge is -2.17. The van der Waals surface area contributed by atoms with E-state index in [-0.39, 0.29) is 23.8 Å². The summed E-state index contributed by atoms with van der Waals surface area (Å²) in [6, 6.07) is 8.81. The van der Waals surface area contributed by atoms with E-state index in [2.05, 4.69) is 10.3 Å². The van der Waals surface area contributed by atoms with E-state index in [1.807, 2.05) is 18.2 Å². The summed E-state index contributed by atoms with van der Waals surface area (Å²) < 4.78 is 6.70. The van der Waals surface area contributed by atoms with Crippen LogP contribution in [0.4, 0.5) is 5.69 Å². The Morgan fingerprint density at radius 1 is 1.28 bits per heavy atom. The molecule has 2 aliphatic rings. The van der Waals surface area contributed by atoms with Crippen molar-refractivity contribution >= 4 is 17.5 Å². The van der Waals surface area contributed by atoms with Gasteiger partial charge in [-0.3, -0.25) is 19.0 Å². The Bertz CT molecular complexity index is 983. The second-order valence-electron chi connectivity index (χ2n) is 7.52. The van der Waals surface area contributed by atoms with Gasteiger partial charge in [0.05, 0.1) is 25.0 Å². The van der Waals surface area contributed by atoms with E-state index < -0.39 is 5.92 Å². The SMILES string of the molecule is COc1cccc(N2C[C@H](C(=O)NCCn3cnc(C4CC4)cc3=O)CC2=O)c1. The lowest BCUT2D eigenvalue weighted by molar-refractivity contribution is -0.126. The second kappa shape index (κ2) is 8.06. The predicted molar refractivity (Wildman–Crippen MR) is 107 cm³/mol. The molecule has 1 aliphatic carbocycles. The first kappa shape index (κ1) is 19.2. The van der Waals surface area contributed by atoms with Gasteiger partial charge in [-0.05, 0) is 25.0 Å². The molecule has 0 radical (unpaired) electrons. The molecule has 2 amide bonds. The lowest BCUT2D eigenvalue weighted by atomic mass is 10.1. The Morgan fingerprint density at radius 2 is 2.10 bits per heavy atom. The van der Waals surface area contributed by atoms with E-state index in [0.29, 0.717) is 31.3 Å². The minimum atomic E-state index is -0.416. The van der Waals surface area contributed by atoms with Crippen LogP contribution >= 0.6 is 0 Å². The van der Waals surface area contributed by atoms with Crippen LogP contribution in [0.1, 0.15) is 30.9 Å². The van der Waals surface area contributed by atoms with Crippen molar-refractivity contribution < 1.29 is 14.3 Å². The van der Waals surface area contributed by atoms with Crippen LogP contribution in [0, 0.1) is 5.92 Å². The van der Waals surface area contributed by atoms with Gasteiger partial charge in [-0.25, -0.2) is 4.98 Å². The van der Waals surface area contributed by atoms with Gasteiger partial charge >= 0.3 is 0 Å². The van der Waals surface area contributed by atoms with Crippen molar-refractivity contribution in [3.05, 3.63) is 52.7 Å². The first-order valence-corrected chi connectivity index (χ1v) is 9.83. The Labute approximate surface area is 168 Å². The Balaban J connectivity index is 1.31. The fourth-order valence-electron chi connectivity index (χ4n) is 3.57. The maximum atomic E-state index is 12.5. The van der Waals surface area contributed by atoms with E-state index in [1.165, 1.54) is 4.57 Å². The van der Waals surface area contributed by atoms with E-state index in [0.717, 1.165) is 24.2 Å². The molecule has 152 valence electrons. The molecule has 29 heavy (non-hydrogen) atoms. The highest BCUT2D eigenvalue weighted by Crippen LogP contribution is 2.38. The number of anilines is 1. The van der Waals surface area contributed by atoms with Crippen LogP contribution in [0.25, 0.3) is 0 Å². The molecule has 2 aromatic rings. The summed E-state index contributed by atoms with van der Waals surface area (Å²) in [5, 5.41) is 2.84. The van der Waals surface area contributed by atoms with Gasteiger partial charge in [0.15, 0.2) is 0 Å². The molecule has 1 saturated heterocycles. The number of carbonyl (C=O) groups is 2. The number of hydrogen-bond donors (Lipinski definition) is 1. The van der Waals surface area contributed by atoms with Crippen molar-refractivity contribution in [1.82, 2.24) is 14.9 Å². The number of rotatable bonds is 7. The molecular weight excluding hydrogens is 372 g/mol. The first-order chi connectivity index (χ1) is 14.0. The highest BCUT2D eigenvalue weighted by molar-refractivity contribution is 6.00. The molecular formula is C21H24N4O4. The third-order valence-corrected chi connectivity index (χ3v) is 5.41. The number of ether oxygens (including phenoxy) is 1. The quantitative estimate of drug-likeness (QED) is 0.761. The van der Waals surface area contributed by atoms with Crippen molar-refractivity contribution in [2.24, 2.45) is 5.92 Å². The van der Waals surface area contributed by atoms with Gasteiger partial charge in [-0.1, -0.05) is 6.07 Å². The summed E-state index contributed by atoms with van der Waals surface area (Å²) in [6.45, 7) is 0.991. The van der Waals surface area contributed by atoms with E-state index >= 15 is 0 Å². The smallest absolute Gasteiger partial charge is 0.253 e. The molecule has 2 heterocycles. The zero-order valence-corrected chi connectivity index (χ0v) is 16.3. The van der Waals surface area contributed by atoms with Crippen molar-refractivity contribution in [3.8, 4) is 5.75 Å². The van der Waals surface area contributed by atoms with Crippen molar-refractivity contribution in [3.63, 3.8) is 0 Å². The largest absolute Gasteiger partial charge is 0.497 e. The minimum Gasteiger partial charge on any atom is -0.497 e. The highest BCUT2D eigenvalue weighted by atomic mass is 16.5. The van der Waals surface area contributed by atoms with Crippen LogP contribution in [0.15, 0.2) is 41.5 Å². The molecule has 0 unspecified atom stereocenters. The molecule has 8 heteroatoms. The number of nitrogens with one attached hydrogen (secondary N) is 1. The van der Waals surface area contributed by atoms with Crippen molar-refractivity contribution in [1.29, 1.82) is 0 Å². The van der Waals surface area contributed by atoms with Crippen LogP contribution in [0.5, 0.6) is 5.75 Å². The zero-order valence-electron chi connectivity index (χ0n) is 16.3. The number of aromatic nitrogens is 2. The average molecular weight is 396 g/mol. The van der Waals surface area contributed by atoms with Gasteiger partial charge in [0.1, 0.15) is 5.75 Å². The summed E-state index contributed by atoms with van der Waals surface area (Å²) in [5.74, 6) is 0.411. The molecule has 0 bridgehead atoms. The number of hydrogen-bond acceptors (Lipinski definition) is 5. The maximum absolute atomic E-state index is 12.5. The van der Waals surface area contributed by atoms with E-state index in [1.54, 1.807) is 30.5 Å². The van der Waals surface area contributed by atoms with Crippen LogP contribution in [-0.2, 0) is 16.1 Å². The van der Waals surface area contributed by atoms with Crippen LogP contribution in [0.3, 0.4) is 0 Å². The van der Waals surface area contributed by atoms with Gasteiger partial charge < -0.3 is 15.0 Å². The van der Waals surface area contributed by atoms with Crippen LogP contribution in [-0.4, -0.2) is 41.6 Å². The molecule has 1 aliphatic heterocycles. The van der Waals surface area contributed by atoms with Gasteiger partial charge in [-0.15, -0.1) is 0 Å². The fraction of sp³-hybridized carbons (Fsp3) is 0.429. The van der Waals surface area contributed by atoms with E-state index in [4.69, 9.17) is 4.74 Å². The zero-order chi connectivity index (χ0) is 20.4. The minimum absolute atomic E-state index is 0.0884. The molecule has 1 aromatic carbocycles. The van der Waals surface area contributed by atoms with Gasteiger partial charge in [-0.2, -0.15) is 0 Å². The molecule has 1 aromatic heterocycles. The third kappa shape index (κ3) is 4.31. The number of amides is 2. The number of carbonyl (C=O) groups excluding carboxylic acids is 2. The molecule has 0 spiro atoms. The van der Waals surface area contributed by atoms with Gasteiger partial charge in [0.2, 0.25) is 11.8 Å². The monoisotopic (exact) mass is 396 g/mol. The van der Waals surface area contributed by atoms with Crippen LogP contribution in [0.2, 0.25) is 0 Å². The molecule has 4 rings (SSSR count). The molecule has 1 atom stereocenters. The average Bonchev–Trinajstić information content (AvgIpc) is 3.50. The Morgan fingerprint density at radius 3 is 2.83 bits per heavy atom. The topological polar surface area (TPSA) is 93.5 Å². The number of methoxy groups -OCH3 is 1.